The van der Waals surface area contributed by atoms with Gasteiger partial charge in [0.1, 0.15) is 5.75 Å². The molecule has 1 aliphatic rings. The first-order chi connectivity index (χ1) is 13.4. The number of aliphatic hydroxyl groups is 2. The Balaban J connectivity index is 2.16. The monoisotopic (exact) mass is 390 g/mol. The molecule has 0 saturated carbocycles. The molecule has 0 spiro atoms. The molecule has 1 unspecified atom stereocenters. The summed E-state index contributed by atoms with van der Waals surface area (Å²) in [6, 6.07) is 7.54. The van der Waals surface area contributed by atoms with Crippen LogP contribution in [0.25, 0.3) is 0 Å². The molecule has 1 heterocycles. The van der Waals surface area contributed by atoms with Crippen LogP contribution in [0.15, 0.2) is 48.1 Å². The second kappa shape index (κ2) is 10.8. The minimum Gasteiger partial charge on any atom is -0.497 e. The molecule has 1 aromatic rings. The van der Waals surface area contributed by atoms with Crippen LogP contribution in [-0.4, -0.2) is 42.7 Å². The zero-order valence-electron chi connectivity index (χ0n) is 17.5. The Morgan fingerprint density at radius 3 is 2.57 bits per heavy atom. The van der Waals surface area contributed by atoms with Crippen LogP contribution in [0.3, 0.4) is 0 Å². The molecule has 1 aromatic carbocycles. The minimum absolute atomic E-state index is 0.0575. The summed E-state index contributed by atoms with van der Waals surface area (Å²) >= 11 is 0. The molecule has 28 heavy (non-hydrogen) atoms. The van der Waals surface area contributed by atoms with Crippen LogP contribution in [0.1, 0.15) is 39.5 Å². The van der Waals surface area contributed by atoms with E-state index in [1.807, 2.05) is 57.2 Å². The highest BCUT2D eigenvalue weighted by Crippen LogP contribution is 2.35. The van der Waals surface area contributed by atoms with Crippen molar-refractivity contribution in [3.8, 4) is 5.75 Å². The minimum atomic E-state index is -0.778. The zero-order chi connectivity index (χ0) is 20.7. The summed E-state index contributed by atoms with van der Waals surface area (Å²) in [5, 5.41) is 20.9. The second-order valence-electron chi connectivity index (χ2n) is 7.60. The predicted octanol–water partition coefficient (Wildman–Crippen LogP) is 3.87. The van der Waals surface area contributed by atoms with E-state index in [4.69, 9.17) is 14.2 Å². The third kappa shape index (κ3) is 5.67. The van der Waals surface area contributed by atoms with Gasteiger partial charge in [0.25, 0.3) is 0 Å². The summed E-state index contributed by atoms with van der Waals surface area (Å²) in [5.74, 6) is 0.624. The predicted molar refractivity (Wildman–Crippen MR) is 110 cm³/mol. The maximum absolute atomic E-state index is 10.9. The average molecular weight is 391 g/mol. The Labute approximate surface area is 168 Å². The fourth-order valence-corrected chi connectivity index (χ4v) is 3.70. The molecule has 6 atom stereocenters. The molecule has 0 bridgehead atoms. The van der Waals surface area contributed by atoms with E-state index in [2.05, 4.69) is 13.0 Å². The van der Waals surface area contributed by atoms with Gasteiger partial charge in [-0.25, -0.2) is 0 Å². The van der Waals surface area contributed by atoms with E-state index in [1.54, 1.807) is 7.11 Å². The van der Waals surface area contributed by atoms with Gasteiger partial charge in [0.05, 0.1) is 32.5 Å². The van der Waals surface area contributed by atoms with Crippen LogP contribution in [0, 0.1) is 17.8 Å². The number of hydrogen-bond donors (Lipinski definition) is 2. The molecule has 5 nitrogen and oxygen atoms in total. The lowest BCUT2D eigenvalue weighted by molar-refractivity contribution is -0.258. The van der Waals surface area contributed by atoms with Crippen molar-refractivity contribution in [1.29, 1.82) is 0 Å². The summed E-state index contributed by atoms with van der Waals surface area (Å²) in [7, 11) is 1.63. The van der Waals surface area contributed by atoms with Crippen molar-refractivity contribution >= 4 is 0 Å². The summed E-state index contributed by atoms with van der Waals surface area (Å²) in [6.45, 7) is 8.31. The summed E-state index contributed by atoms with van der Waals surface area (Å²) in [4.78, 5) is 0. The molecule has 2 rings (SSSR count). The third-order valence-electron chi connectivity index (χ3n) is 5.27. The van der Waals surface area contributed by atoms with Crippen LogP contribution in [-0.2, 0) is 9.47 Å². The lowest BCUT2D eigenvalue weighted by Crippen LogP contribution is -2.46. The van der Waals surface area contributed by atoms with Crippen molar-refractivity contribution < 1.29 is 24.4 Å². The first-order valence-electron chi connectivity index (χ1n) is 9.92. The SMILES string of the molecule is C/C=C\[C@H](C)/C=C(\C)[C@@H](O)[C@@H](CO)[C@H]1OC(c2ccc(OC)cc2)OC[C@H]1C. The Hall–Kier alpha value is -1.66. The van der Waals surface area contributed by atoms with E-state index in [9.17, 15) is 10.2 Å². The van der Waals surface area contributed by atoms with E-state index in [0.29, 0.717) is 6.61 Å². The molecular weight excluding hydrogens is 356 g/mol. The Kier molecular flexibility index (Phi) is 8.70. The van der Waals surface area contributed by atoms with Gasteiger partial charge in [0.2, 0.25) is 0 Å². The van der Waals surface area contributed by atoms with Gasteiger partial charge in [-0.05, 0) is 37.5 Å². The fourth-order valence-electron chi connectivity index (χ4n) is 3.70. The molecule has 0 amide bonds. The Bertz CT molecular complexity index is 651. The number of ether oxygens (including phenoxy) is 3. The molecule has 2 N–H and O–H groups in total. The van der Waals surface area contributed by atoms with Gasteiger partial charge in [0.15, 0.2) is 6.29 Å². The van der Waals surface area contributed by atoms with Crippen LogP contribution in [0.5, 0.6) is 5.75 Å². The molecular formula is C23H34O5. The number of rotatable bonds is 8. The maximum atomic E-state index is 10.9. The van der Waals surface area contributed by atoms with Gasteiger partial charge in [0, 0.05) is 17.4 Å². The highest BCUT2D eigenvalue weighted by molar-refractivity contribution is 5.28. The van der Waals surface area contributed by atoms with E-state index in [-0.39, 0.29) is 24.5 Å². The summed E-state index contributed by atoms with van der Waals surface area (Å²) < 4.78 is 17.3. The fraction of sp³-hybridized carbons (Fsp3) is 0.565. The van der Waals surface area contributed by atoms with E-state index in [1.165, 1.54) is 0 Å². The standard InChI is InChI=1S/C23H34O5/c1-6-7-15(2)12-16(3)21(25)20(13-24)22-17(4)14-27-23(28-22)18-8-10-19(26-5)11-9-18/h6-12,15,17,20-25H,13-14H2,1-5H3/b7-6-,16-12+/t15-,17+,20+,21+,22-,23?/m0/s1. The maximum Gasteiger partial charge on any atom is 0.184 e. The van der Waals surface area contributed by atoms with E-state index in [0.717, 1.165) is 16.9 Å². The molecule has 0 aliphatic carbocycles. The third-order valence-corrected chi connectivity index (χ3v) is 5.27. The summed E-state index contributed by atoms with van der Waals surface area (Å²) in [6.07, 6.45) is 4.46. The van der Waals surface area contributed by atoms with Crippen LogP contribution >= 0.6 is 0 Å². The molecule has 1 saturated heterocycles. The zero-order valence-corrected chi connectivity index (χ0v) is 17.5. The molecule has 0 radical (unpaired) electrons. The van der Waals surface area contributed by atoms with E-state index < -0.39 is 18.3 Å². The molecule has 0 aromatic heterocycles. The number of benzene rings is 1. The lowest BCUT2D eigenvalue weighted by Gasteiger charge is -2.40. The quantitative estimate of drug-likeness (QED) is 0.660. The van der Waals surface area contributed by atoms with Crippen molar-refractivity contribution in [2.45, 2.75) is 46.2 Å². The Morgan fingerprint density at radius 2 is 2.00 bits per heavy atom. The van der Waals surface area contributed by atoms with Gasteiger partial charge in [-0.15, -0.1) is 0 Å². The van der Waals surface area contributed by atoms with Crippen LogP contribution < -0.4 is 4.74 Å². The Morgan fingerprint density at radius 1 is 1.32 bits per heavy atom. The van der Waals surface area contributed by atoms with Crippen LogP contribution in [0.2, 0.25) is 0 Å². The first kappa shape index (κ1) is 22.6. The highest BCUT2D eigenvalue weighted by Gasteiger charge is 2.39. The normalized spacial score (nSPS) is 26.8. The topological polar surface area (TPSA) is 68.2 Å². The van der Waals surface area contributed by atoms with Gasteiger partial charge in [-0.1, -0.05) is 44.2 Å². The van der Waals surface area contributed by atoms with Crippen molar-refractivity contribution in [2.24, 2.45) is 17.8 Å². The number of aliphatic hydroxyl groups excluding tert-OH is 2. The summed E-state index contributed by atoms with van der Waals surface area (Å²) in [5.41, 5.74) is 1.73. The smallest absolute Gasteiger partial charge is 0.184 e. The number of allylic oxidation sites excluding steroid dienone is 3. The van der Waals surface area contributed by atoms with Gasteiger partial charge < -0.3 is 24.4 Å². The van der Waals surface area contributed by atoms with Crippen molar-refractivity contribution in [1.82, 2.24) is 0 Å². The number of methoxy groups -OCH3 is 1. The van der Waals surface area contributed by atoms with Crippen LogP contribution in [0.4, 0.5) is 0 Å². The van der Waals surface area contributed by atoms with Crippen molar-refractivity contribution in [2.75, 3.05) is 20.3 Å². The average Bonchev–Trinajstić information content (AvgIpc) is 2.70. The number of hydrogen-bond acceptors (Lipinski definition) is 5. The molecule has 1 fully saturated rings. The van der Waals surface area contributed by atoms with Gasteiger partial charge >= 0.3 is 0 Å². The van der Waals surface area contributed by atoms with E-state index >= 15 is 0 Å². The first-order valence-corrected chi connectivity index (χ1v) is 9.92. The molecule has 156 valence electrons. The highest BCUT2D eigenvalue weighted by atomic mass is 16.7. The van der Waals surface area contributed by atoms with Crippen molar-refractivity contribution in [3.05, 3.63) is 53.6 Å². The molecule has 5 heteroatoms. The van der Waals surface area contributed by atoms with Gasteiger partial charge in [-0.3, -0.25) is 0 Å². The lowest BCUT2D eigenvalue weighted by atomic mass is 9.84. The largest absolute Gasteiger partial charge is 0.497 e. The second-order valence-corrected chi connectivity index (χ2v) is 7.60. The van der Waals surface area contributed by atoms with Gasteiger partial charge in [-0.2, -0.15) is 0 Å². The van der Waals surface area contributed by atoms with Crippen molar-refractivity contribution in [3.63, 3.8) is 0 Å². The molecule has 1 aliphatic heterocycles.